The predicted molar refractivity (Wildman–Crippen MR) is 103 cm³/mol. The summed E-state index contributed by atoms with van der Waals surface area (Å²) in [6.07, 6.45) is 3.42. The molecule has 148 valence electrons. The maximum Gasteiger partial charge on any atom is 0.303 e. The average molecular weight is 374 g/mol. The molecule has 1 aliphatic heterocycles. The minimum absolute atomic E-state index is 0.00639. The first-order valence-corrected chi connectivity index (χ1v) is 9.58. The van der Waals surface area contributed by atoms with E-state index in [1.165, 1.54) is 0 Å². The molecule has 0 aromatic heterocycles. The van der Waals surface area contributed by atoms with Crippen LogP contribution in [0.4, 0.5) is 0 Å². The number of carboxylic acids is 1. The minimum Gasteiger partial charge on any atom is -0.481 e. The molecule has 1 aromatic rings. The number of nitrogens with one attached hydrogen (secondary N) is 1. The third kappa shape index (κ3) is 6.08. The zero-order valence-electron chi connectivity index (χ0n) is 16.5. The van der Waals surface area contributed by atoms with Gasteiger partial charge in [-0.2, -0.15) is 0 Å². The summed E-state index contributed by atoms with van der Waals surface area (Å²) < 4.78 is 0. The molecule has 2 rings (SSSR count). The predicted octanol–water partition coefficient (Wildman–Crippen LogP) is 3.21. The second kappa shape index (κ2) is 9.02. The van der Waals surface area contributed by atoms with Crippen molar-refractivity contribution in [3.05, 3.63) is 35.4 Å². The highest BCUT2D eigenvalue weighted by molar-refractivity contribution is 5.94. The normalized spacial score (nSPS) is 17.4. The number of rotatable bonds is 6. The number of piperidine rings is 1. The largest absolute Gasteiger partial charge is 0.481 e. The Morgan fingerprint density at radius 1 is 1.15 bits per heavy atom. The molecule has 1 heterocycles. The molecule has 0 bridgehead atoms. The minimum atomic E-state index is -0.824. The van der Waals surface area contributed by atoms with E-state index < -0.39 is 11.4 Å². The topological polar surface area (TPSA) is 86.7 Å². The van der Waals surface area contributed by atoms with Gasteiger partial charge in [-0.15, -0.1) is 0 Å². The molecule has 1 aliphatic rings. The Hall–Kier alpha value is -2.37. The maximum atomic E-state index is 12.9. The molecule has 1 aromatic carbocycles. The van der Waals surface area contributed by atoms with E-state index in [1.807, 2.05) is 37.8 Å². The number of amides is 2. The standard InChI is InChI=1S/C21H30N2O4/c1-21(2,3)20(27)22-14-15-7-9-16(10-8-15)19(26)23-13-5-4-6-17(23)11-12-18(24)25/h7-10,17H,4-6,11-14H2,1-3H3,(H,22,27)(H,24,25). The van der Waals surface area contributed by atoms with Gasteiger partial charge in [0.2, 0.25) is 5.91 Å². The highest BCUT2D eigenvalue weighted by atomic mass is 16.4. The molecule has 6 nitrogen and oxygen atoms in total. The second-order valence-electron chi connectivity index (χ2n) is 8.21. The molecule has 1 unspecified atom stereocenters. The number of benzene rings is 1. The Bertz CT molecular complexity index is 676. The van der Waals surface area contributed by atoms with E-state index in [1.54, 1.807) is 12.1 Å². The van der Waals surface area contributed by atoms with E-state index in [9.17, 15) is 14.4 Å². The Kier molecular flexibility index (Phi) is 6.99. The lowest BCUT2D eigenvalue weighted by molar-refractivity contribution is -0.137. The molecule has 1 atom stereocenters. The molecular weight excluding hydrogens is 344 g/mol. The van der Waals surface area contributed by atoms with Crippen LogP contribution in [0.3, 0.4) is 0 Å². The molecule has 0 spiro atoms. The van der Waals surface area contributed by atoms with Gasteiger partial charge in [-0.25, -0.2) is 0 Å². The summed E-state index contributed by atoms with van der Waals surface area (Å²) in [4.78, 5) is 37.5. The molecule has 6 heteroatoms. The van der Waals surface area contributed by atoms with E-state index in [0.717, 1.165) is 24.8 Å². The molecule has 1 saturated heterocycles. The number of aliphatic carboxylic acids is 1. The van der Waals surface area contributed by atoms with Crippen molar-refractivity contribution in [3.63, 3.8) is 0 Å². The lowest BCUT2D eigenvalue weighted by Crippen LogP contribution is -2.44. The molecular formula is C21H30N2O4. The van der Waals surface area contributed by atoms with Crippen molar-refractivity contribution in [2.75, 3.05) is 6.54 Å². The summed E-state index contributed by atoms with van der Waals surface area (Å²) >= 11 is 0. The van der Waals surface area contributed by atoms with E-state index in [4.69, 9.17) is 5.11 Å². The fraction of sp³-hybridized carbons (Fsp3) is 0.571. The summed E-state index contributed by atoms with van der Waals surface area (Å²) in [6, 6.07) is 7.26. The quantitative estimate of drug-likeness (QED) is 0.800. The van der Waals surface area contributed by atoms with Crippen LogP contribution in [0.15, 0.2) is 24.3 Å². The van der Waals surface area contributed by atoms with Crippen molar-refractivity contribution in [2.45, 2.75) is 65.5 Å². The van der Waals surface area contributed by atoms with Gasteiger partial charge in [-0.3, -0.25) is 14.4 Å². The number of carbonyl (C=O) groups is 3. The smallest absolute Gasteiger partial charge is 0.303 e. The van der Waals surface area contributed by atoms with Crippen molar-refractivity contribution in [3.8, 4) is 0 Å². The summed E-state index contributed by atoms with van der Waals surface area (Å²) in [6.45, 7) is 6.69. The van der Waals surface area contributed by atoms with Crippen LogP contribution in [0.5, 0.6) is 0 Å². The van der Waals surface area contributed by atoms with Crippen LogP contribution in [-0.4, -0.2) is 40.4 Å². The zero-order chi connectivity index (χ0) is 20.0. The number of hydrogen-bond acceptors (Lipinski definition) is 3. The van der Waals surface area contributed by atoms with Gasteiger partial charge >= 0.3 is 5.97 Å². The van der Waals surface area contributed by atoms with Gasteiger partial charge in [0.15, 0.2) is 0 Å². The van der Waals surface area contributed by atoms with Crippen molar-refractivity contribution in [2.24, 2.45) is 5.41 Å². The second-order valence-corrected chi connectivity index (χ2v) is 8.21. The van der Waals surface area contributed by atoms with E-state index in [-0.39, 0.29) is 24.3 Å². The van der Waals surface area contributed by atoms with Gasteiger partial charge in [0.25, 0.3) is 5.91 Å². The monoisotopic (exact) mass is 374 g/mol. The number of carbonyl (C=O) groups excluding carboxylic acids is 2. The van der Waals surface area contributed by atoms with Crippen LogP contribution in [0.1, 0.15) is 68.8 Å². The first-order chi connectivity index (χ1) is 12.7. The van der Waals surface area contributed by atoms with Crippen LogP contribution < -0.4 is 5.32 Å². The highest BCUT2D eigenvalue weighted by Gasteiger charge is 2.27. The van der Waals surface area contributed by atoms with Crippen LogP contribution >= 0.6 is 0 Å². The summed E-state index contributed by atoms with van der Waals surface area (Å²) in [5, 5.41) is 11.8. The zero-order valence-corrected chi connectivity index (χ0v) is 16.5. The third-order valence-corrected chi connectivity index (χ3v) is 4.91. The lowest BCUT2D eigenvalue weighted by Gasteiger charge is -2.35. The van der Waals surface area contributed by atoms with Gasteiger partial charge in [-0.05, 0) is 43.4 Å². The number of hydrogen-bond donors (Lipinski definition) is 2. The highest BCUT2D eigenvalue weighted by Crippen LogP contribution is 2.23. The molecule has 27 heavy (non-hydrogen) atoms. The fourth-order valence-electron chi connectivity index (χ4n) is 3.24. The van der Waals surface area contributed by atoms with Crippen molar-refractivity contribution < 1.29 is 19.5 Å². The molecule has 2 N–H and O–H groups in total. The van der Waals surface area contributed by atoms with Gasteiger partial charge < -0.3 is 15.3 Å². The van der Waals surface area contributed by atoms with Crippen molar-refractivity contribution in [1.82, 2.24) is 10.2 Å². The average Bonchev–Trinajstić information content (AvgIpc) is 2.63. The number of carboxylic acid groups (broad SMARTS) is 1. The van der Waals surface area contributed by atoms with E-state index in [2.05, 4.69) is 5.32 Å². The lowest BCUT2D eigenvalue weighted by atomic mass is 9.95. The Balaban J connectivity index is 1.99. The van der Waals surface area contributed by atoms with Crippen LogP contribution in [0.2, 0.25) is 0 Å². The molecule has 2 amide bonds. The summed E-state index contributed by atoms with van der Waals surface area (Å²) in [7, 11) is 0. The first kappa shape index (κ1) is 20.9. The molecule has 1 fully saturated rings. The Morgan fingerprint density at radius 2 is 1.81 bits per heavy atom. The number of likely N-dealkylation sites (tertiary alicyclic amines) is 1. The first-order valence-electron chi connectivity index (χ1n) is 9.58. The van der Waals surface area contributed by atoms with E-state index >= 15 is 0 Å². The van der Waals surface area contributed by atoms with Crippen LogP contribution in [0.25, 0.3) is 0 Å². The van der Waals surface area contributed by atoms with Crippen molar-refractivity contribution >= 4 is 17.8 Å². The Morgan fingerprint density at radius 3 is 2.41 bits per heavy atom. The van der Waals surface area contributed by atoms with Crippen LogP contribution in [0, 0.1) is 5.41 Å². The summed E-state index contributed by atoms with van der Waals surface area (Å²) in [5.74, 6) is -0.887. The molecule has 0 radical (unpaired) electrons. The maximum absolute atomic E-state index is 12.9. The molecule has 0 saturated carbocycles. The third-order valence-electron chi connectivity index (χ3n) is 4.91. The van der Waals surface area contributed by atoms with Gasteiger partial charge in [0.05, 0.1) is 0 Å². The fourth-order valence-corrected chi connectivity index (χ4v) is 3.24. The number of nitrogens with zero attached hydrogens (tertiary/aromatic N) is 1. The Labute approximate surface area is 160 Å². The van der Waals surface area contributed by atoms with E-state index in [0.29, 0.717) is 25.1 Å². The molecule has 0 aliphatic carbocycles. The SMILES string of the molecule is CC(C)(C)C(=O)NCc1ccc(C(=O)N2CCCCC2CCC(=O)O)cc1. The van der Waals surface area contributed by atoms with Gasteiger partial charge in [-0.1, -0.05) is 32.9 Å². The summed E-state index contributed by atoms with van der Waals surface area (Å²) in [5.41, 5.74) is 1.10. The van der Waals surface area contributed by atoms with Gasteiger partial charge in [0.1, 0.15) is 0 Å². The van der Waals surface area contributed by atoms with Crippen LogP contribution in [-0.2, 0) is 16.1 Å². The van der Waals surface area contributed by atoms with Crippen molar-refractivity contribution in [1.29, 1.82) is 0 Å². The van der Waals surface area contributed by atoms with Gasteiger partial charge in [0, 0.05) is 36.5 Å².